The summed E-state index contributed by atoms with van der Waals surface area (Å²) in [5.74, 6) is 0. The SMILES string of the molecule is OC(c1cccc(-c2ccccc2)c1)(c1cccc(-c2ccccc2)c1)[C@@H]1CCCN1. The van der Waals surface area contributed by atoms with Crippen molar-refractivity contribution >= 4 is 0 Å². The zero-order valence-electron chi connectivity index (χ0n) is 17.5. The summed E-state index contributed by atoms with van der Waals surface area (Å²) < 4.78 is 0. The van der Waals surface area contributed by atoms with Crippen molar-refractivity contribution in [2.75, 3.05) is 6.54 Å². The van der Waals surface area contributed by atoms with E-state index in [1.165, 1.54) is 0 Å². The number of benzene rings is 4. The molecule has 1 saturated heterocycles. The summed E-state index contributed by atoms with van der Waals surface area (Å²) in [6, 6.07) is 37.4. The average Bonchev–Trinajstić information content (AvgIpc) is 3.40. The maximum atomic E-state index is 12.3. The Balaban J connectivity index is 1.63. The highest BCUT2D eigenvalue weighted by atomic mass is 16.3. The molecule has 0 spiro atoms. The van der Waals surface area contributed by atoms with Crippen LogP contribution in [0.4, 0.5) is 0 Å². The van der Waals surface area contributed by atoms with Crippen molar-refractivity contribution in [1.29, 1.82) is 0 Å². The van der Waals surface area contributed by atoms with Crippen molar-refractivity contribution in [3.63, 3.8) is 0 Å². The molecule has 0 aliphatic carbocycles. The lowest BCUT2D eigenvalue weighted by molar-refractivity contribution is 0.0443. The standard InChI is InChI=1S/C29H27NO/c31-29(28-18-9-19-30-28,26-16-7-14-24(20-26)22-10-3-1-4-11-22)27-17-8-15-25(21-27)23-12-5-2-6-13-23/h1-8,10-17,20-21,28,30-31H,9,18-19H2/t28-/m0/s1. The number of aliphatic hydroxyl groups is 1. The molecule has 2 nitrogen and oxygen atoms in total. The minimum Gasteiger partial charge on any atom is -0.379 e. The molecule has 0 amide bonds. The summed E-state index contributed by atoms with van der Waals surface area (Å²) in [6.45, 7) is 0.934. The van der Waals surface area contributed by atoms with E-state index in [0.29, 0.717) is 0 Å². The van der Waals surface area contributed by atoms with Crippen molar-refractivity contribution in [3.8, 4) is 22.3 Å². The number of nitrogens with one attached hydrogen (secondary N) is 1. The second kappa shape index (κ2) is 8.50. The maximum Gasteiger partial charge on any atom is 0.130 e. The largest absolute Gasteiger partial charge is 0.379 e. The minimum atomic E-state index is -1.11. The van der Waals surface area contributed by atoms with E-state index in [9.17, 15) is 5.11 Å². The molecule has 0 aromatic heterocycles. The third-order valence-corrected chi connectivity index (χ3v) is 6.38. The molecule has 5 rings (SSSR count). The monoisotopic (exact) mass is 405 g/mol. The minimum absolute atomic E-state index is 0.0236. The number of hydrogen-bond donors (Lipinski definition) is 2. The van der Waals surface area contributed by atoms with Gasteiger partial charge in [-0.05, 0) is 64.9 Å². The Morgan fingerprint density at radius 3 is 1.55 bits per heavy atom. The molecule has 2 N–H and O–H groups in total. The molecule has 2 heteroatoms. The van der Waals surface area contributed by atoms with Crippen molar-refractivity contribution in [3.05, 3.63) is 120 Å². The summed E-state index contributed by atoms with van der Waals surface area (Å²) in [4.78, 5) is 0. The Labute approximate surface area is 184 Å². The van der Waals surface area contributed by atoms with Crippen LogP contribution >= 0.6 is 0 Å². The van der Waals surface area contributed by atoms with Gasteiger partial charge in [0.1, 0.15) is 5.60 Å². The molecule has 0 radical (unpaired) electrons. The van der Waals surface area contributed by atoms with E-state index in [-0.39, 0.29) is 6.04 Å². The van der Waals surface area contributed by atoms with Gasteiger partial charge in [-0.3, -0.25) is 0 Å². The zero-order valence-corrected chi connectivity index (χ0v) is 17.5. The van der Waals surface area contributed by atoms with Crippen LogP contribution in [-0.2, 0) is 5.60 Å². The van der Waals surface area contributed by atoms with Crippen molar-refractivity contribution in [2.45, 2.75) is 24.5 Å². The predicted molar refractivity (Wildman–Crippen MR) is 128 cm³/mol. The average molecular weight is 406 g/mol. The lowest BCUT2D eigenvalue weighted by Crippen LogP contribution is -2.46. The third kappa shape index (κ3) is 3.81. The molecule has 0 saturated carbocycles. The van der Waals surface area contributed by atoms with Crippen molar-refractivity contribution in [1.82, 2.24) is 5.32 Å². The maximum absolute atomic E-state index is 12.3. The van der Waals surface area contributed by atoms with Crippen LogP contribution < -0.4 is 5.32 Å². The second-order valence-corrected chi connectivity index (χ2v) is 8.31. The predicted octanol–water partition coefficient (Wildman–Crippen LogP) is 6.01. The van der Waals surface area contributed by atoms with Gasteiger partial charge in [-0.2, -0.15) is 0 Å². The molecular weight excluding hydrogens is 378 g/mol. The van der Waals surface area contributed by atoms with Gasteiger partial charge >= 0.3 is 0 Å². The van der Waals surface area contributed by atoms with E-state index in [1.54, 1.807) is 0 Å². The van der Waals surface area contributed by atoms with Gasteiger partial charge in [-0.15, -0.1) is 0 Å². The van der Waals surface area contributed by atoms with Gasteiger partial charge < -0.3 is 10.4 Å². The lowest BCUT2D eigenvalue weighted by Gasteiger charge is -2.36. The summed E-state index contributed by atoms with van der Waals surface area (Å²) >= 11 is 0. The topological polar surface area (TPSA) is 32.3 Å². The molecule has 1 atom stereocenters. The Morgan fingerprint density at radius 1 is 0.613 bits per heavy atom. The van der Waals surface area contributed by atoms with Crippen LogP contribution in [0, 0.1) is 0 Å². The van der Waals surface area contributed by atoms with Gasteiger partial charge in [0.05, 0.1) is 0 Å². The highest BCUT2D eigenvalue weighted by Crippen LogP contribution is 2.39. The van der Waals surface area contributed by atoms with Crippen LogP contribution in [-0.4, -0.2) is 17.7 Å². The normalized spacial score (nSPS) is 16.4. The highest BCUT2D eigenvalue weighted by molar-refractivity contribution is 5.67. The number of rotatable bonds is 5. The van der Waals surface area contributed by atoms with Crippen LogP contribution in [0.2, 0.25) is 0 Å². The Morgan fingerprint density at radius 2 is 1.10 bits per heavy atom. The third-order valence-electron chi connectivity index (χ3n) is 6.38. The first-order chi connectivity index (χ1) is 15.2. The van der Waals surface area contributed by atoms with Crippen molar-refractivity contribution in [2.24, 2.45) is 0 Å². The van der Waals surface area contributed by atoms with Gasteiger partial charge in [0.25, 0.3) is 0 Å². The first kappa shape index (κ1) is 19.7. The first-order valence-electron chi connectivity index (χ1n) is 11.0. The van der Waals surface area contributed by atoms with Crippen LogP contribution in [0.1, 0.15) is 24.0 Å². The molecule has 1 heterocycles. The van der Waals surface area contributed by atoms with E-state index in [4.69, 9.17) is 0 Å². The van der Waals surface area contributed by atoms with Gasteiger partial charge in [0.15, 0.2) is 0 Å². The molecule has 4 aromatic rings. The number of hydrogen-bond acceptors (Lipinski definition) is 2. The van der Waals surface area contributed by atoms with Gasteiger partial charge in [-0.1, -0.05) is 97.1 Å². The van der Waals surface area contributed by atoms with Gasteiger partial charge in [0.2, 0.25) is 0 Å². The summed E-state index contributed by atoms with van der Waals surface area (Å²) in [7, 11) is 0. The molecule has 1 fully saturated rings. The Bertz CT molecular complexity index is 1060. The van der Waals surface area contributed by atoms with E-state index in [1.807, 2.05) is 12.1 Å². The van der Waals surface area contributed by atoms with Gasteiger partial charge in [0, 0.05) is 6.04 Å². The van der Waals surface area contributed by atoms with Crippen LogP contribution in [0.25, 0.3) is 22.3 Å². The van der Waals surface area contributed by atoms with E-state index in [0.717, 1.165) is 52.8 Å². The molecule has 4 aromatic carbocycles. The molecule has 0 unspecified atom stereocenters. The molecule has 31 heavy (non-hydrogen) atoms. The zero-order chi connectivity index (χ0) is 21.1. The van der Waals surface area contributed by atoms with Crippen LogP contribution in [0.5, 0.6) is 0 Å². The lowest BCUT2D eigenvalue weighted by atomic mass is 9.78. The van der Waals surface area contributed by atoms with Crippen molar-refractivity contribution < 1.29 is 5.11 Å². The van der Waals surface area contributed by atoms with E-state index < -0.39 is 5.60 Å². The molecule has 0 bridgehead atoms. The summed E-state index contributed by atoms with van der Waals surface area (Å²) in [6.07, 6.45) is 2.02. The summed E-state index contributed by atoms with van der Waals surface area (Å²) in [5, 5.41) is 15.9. The summed E-state index contributed by atoms with van der Waals surface area (Å²) in [5.41, 5.74) is 5.30. The molecule has 1 aliphatic heterocycles. The fourth-order valence-corrected chi connectivity index (χ4v) is 4.74. The smallest absolute Gasteiger partial charge is 0.130 e. The van der Waals surface area contributed by atoms with Crippen LogP contribution in [0.15, 0.2) is 109 Å². The first-order valence-corrected chi connectivity index (χ1v) is 11.0. The van der Waals surface area contributed by atoms with Crippen LogP contribution in [0.3, 0.4) is 0 Å². The second-order valence-electron chi connectivity index (χ2n) is 8.31. The van der Waals surface area contributed by atoms with E-state index >= 15 is 0 Å². The molecular formula is C29H27NO. The Hall–Kier alpha value is -3.20. The highest BCUT2D eigenvalue weighted by Gasteiger charge is 2.41. The fraction of sp³-hybridized carbons (Fsp3) is 0.172. The van der Waals surface area contributed by atoms with Gasteiger partial charge in [-0.25, -0.2) is 0 Å². The molecule has 154 valence electrons. The molecule has 1 aliphatic rings. The fourth-order valence-electron chi connectivity index (χ4n) is 4.74. The van der Waals surface area contributed by atoms with E-state index in [2.05, 4.69) is 102 Å². The Kier molecular flexibility index (Phi) is 5.42. The quantitative estimate of drug-likeness (QED) is 0.426.